The van der Waals surface area contributed by atoms with Crippen molar-refractivity contribution in [1.29, 1.82) is 5.26 Å². The SMILES string of the molecule is CC(C)Nc1cc(Nc2ccnc(-c3cnn(S(=O)(=O)C4CC4)c3)n2)ncc1C(=O)Nc1cc(N2CCN(C)CC2)cc(C(C)(C)C#N)c1. The summed E-state index contributed by atoms with van der Waals surface area (Å²) in [6, 6.07) is 11.7. The van der Waals surface area contributed by atoms with Crippen LogP contribution < -0.4 is 20.9 Å². The monoisotopic (exact) mass is 683 g/mol. The summed E-state index contributed by atoms with van der Waals surface area (Å²) < 4.78 is 26.2. The van der Waals surface area contributed by atoms with Crippen LogP contribution in [0.2, 0.25) is 0 Å². The number of carbonyl (C=O) groups excluding carboxylic acids is 1. The van der Waals surface area contributed by atoms with Crippen molar-refractivity contribution in [3.05, 3.63) is 66.2 Å². The van der Waals surface area contributed by atoms with Crippen LogP contribution in [0.15, 0.2) is 55.1 Å². The van der Waals surface area contributed by atoms with Gasteiger partial charge in [-0.3, -0.25) is 4.79 Å². The lowest BCUT2D eigenvalue weighted by molar-refractivity contribution is 0.102. The van der Waals surface area contributed by atoms with Crippen molar-refractivity contribution in [3.63, 3.8) is 0 Å². The lowest BCUT2D eigenvalue weighted by Gasteiger charge is -2.35. The highest BCUT2D eigenvalue weighted by Crippen LogP contribution is 2.33. The van der Waals surface area contributed by atoms with Gasteiger partial charge in [-0.05, 0) is 77.4 Å². The lowest BCUT2D eigenvalue weighted by Crippen LogP contribution is -2.44. The number of rotatable bonds is 11. The third kappa shape index (κ3) is 7.65. The molecule has 1 aliphatic heterocycles. The summed E-state index contributed by atoms with van der Waals surface area (Å²) in [6.45, 7) is 11.2. The third-order valence-corrected chi connectivity index (χ3v) is 10.6. The Morgan fingerprint density at radius 1 is 1.04 bits per heavy atom. The summed E-state index contributed by atoms with van der Waals surface area (Å²) in [5, 5.41) is 23.1. The van der Waals surface area contributed by atoms with Crippen LogP contribution >= 0.6 is 0 Å². The van der Waals surface area contributed by atoms with E-state index in [4.69, 9.17) is 0 Å². The highest BCUT2D eigenvalue weighted by molar-refractivity contribution is 7.90. The van der Waals surface area contributed by atoms with Gasteiger partial charge in [-0.25, -0.2) is 23.4 Å². The van der Waals surface area contributed by atoms with Gasteiger partial charge in [0, 0.05) is 62.1 Å². The predicted molar refractivity (Wildman–Crippen MR) is 190 cm³/mol. The van der Waals surface area contributed by atoms with Crippen LogP contribution in [0.3, 0.4) is 0 Å². The highest BCUT2D eigenvalue weighted by atomic mass is 32.2. The van der Waals surface area contributed by atoms with Gasteiger partial charge in [0.1, 0.15) is 11.6 Å². The van der Waals surface area contributed by atoms with Crippen LogP contribution in [0, 0.1) is 11.3 Å². The number of hydrogen-bond donors (Lipinski definition) is 3. The number of nitriles is 1. The van der Waals surface area contributed by atoms with Gasteiger partial charge in [0.25, 0.3) is 15.9 Å². The molecule has 0 spiro atoms. The molecular weight excluding hydrogens is 643 g/mol. The standard InChI is InChI=1S/C34H41N11O3S/c1-22(2)39-29-17-31(41-30-8-9-36-32(42-30)23-18-38-45(20-23)49(47,48)27-6-7-27)37-19-28(29)33(46)40-25-14-24(34(3,4)21-35)15-26(16-25)44-12-10-43(5)11-13-44/h8-9,14-20,22,27H,6-7,10-13H2,1-5H3,(H,40,46)(H2,36,37,39,41,42). The van der Waals surface area contributed by atoms with Gasteiger partial charge < -0.3 is 25.8 Å². The Morgan fingerprint density at radius 2 is 1.80 bits per heavy atom. The average Bonchev–Trinajstić information content (AvgIpc) is 3.81. The molecule has 0 atom stereocenters. The molecule has 1 aromatic carbocycles. The topological polar surface area (TPSA) is 174 Å². The largest absolute Gasteiger partial charge is 0.382 e. The second-order valence-electron chi connectivity index (χ2n) is 13.4. The maximum absolute atomic E-state index is 13.8. The molecule has 15 heteroatoms. The maximum atomic E-state index is 13.8. The van der Waals surface area contributed by atoms with Crippen LogP contribution in [0.4, 0.5) is 28.7 Å². The Morgan fingerprint density at radius 3 is 2.49 bits per heavy atom. The van der Waals surface area contributed by atoms with E-state index < -0.39 is 15.4 Å². The first kappa shape index (κ1) is 33.8. The van der Waals surface area contributed by atoms with Gasteiger partial charge in [0.2, 0.25) is 0 Å². The summed E-state index contributed by atoms with van der Waals surface area (Å²) in [7, 11) is -1.41. The van der Waals surface area contributed by atoms with E-state index in [1.165, 1.54) is 18.6 Å². The molecule has 3 aromatic heterocycles. The Balaban J connectivity index is 1.24. The molecule has 256 valence electrons. The zero-order valence-corrected chi connectivity index (χ0v) is 29.1. The zero-order valence-electron chi connectivity index (χ0n) is 28.3. The fraction of sp³-hybridized carbons (Fsp3) is 0.412. The molecule has 3 N–H and O–H groups in total. The molecule has 4 aromatic rings. The minimum Gasteiger partial charge on any atom is -0.382 e. The van der Waals surface area contributed by atoms with Gasteiger partial charge in [-0.2, -0.15) is 14.4 Å². The molecule has 0 radical (unpaired) electrons. The van der Waals surface area contributed by atoms with E-state index in [-0.39, 0.29) is 17.2 Å². The highest BCUT2D eigenvalue weighted by Gasteiger charge is 2.37. The summed E-state index contributed by atoms with van der Waals surface area (Å²) in [4.78, 5) is 31.7. The zero-order chi connectivity index (χ0) is 34.9. The number of pyridine rings is 1. The van der Waals surface area contributed by atoms with Crippen molar-refractivity contribution in [2.24, 2.45) is 0 Å². The second kappa shape index (κ2) is 13.4. The van der Waals surface area contributed by atoms with Crippen molar-refractivity contribution in [2.45, 2.75) is 57.2 Å². The molecule has 49 heavy (non-hydrogen) atoms. The minimum atomic E-state index is -3.51. The summed E-state index contributed by atoms with van der Waals surface area (Å²) in [6.07, 6.45) is 7.20. The summed E-state index contributed by atoms with van der Waals surface area (Å²) in [5.74, 6) is 0.820. The quantitative estimate of drug-likeness (QED) is 0.203. The number of anilines is 5. The molecule has 1 saturated carbocycles. The summed E-state index contributed by atoms with van der Waals surface area (Å²) in [5.41, 5.74) is 3.00. The van der Waals surface area contributed by atoms with E-state index in [2.05, 4.69) is 58.9 Å². The number of piperazine rings is 1. The van der Waals surface area contributed by atoms with E-state index >= 15 is 0 Å². The first-order chi connectivity index (χ1) is 23.3. The van der Waals surface area contributed by atoms with Crippen molar-refractivity contribution < 1.29 is 13.2 Å². The lowest BCUT2D eigenvalue weighted by atomic mass is 9.85. The molecule has 1 aliphatic carbocycles. The number of carbonyl (C=O) groups is 1. The maximum Gasteiger partial charge on any atom is 0.259 e. The normalized spacial score (nSPS) is 15.6. The number of nitrogens with zero attached hydrogens (tertiary/aromatic N) is 8. The van der Waals surface area contributed by atoms with Crippen LogP contribution in [-0.4, -0.2) is 87.9 Å². The molecule has 2 fully saturated rings. The smallest absolute Gasteiger partial charge is 0.259 e. The fourth-order valence-electron chi connectivity index (χ4n) is 5.47. The molecule has 6 rings (SSSR count). The van der Waals surface area contributed by atoms with Crippen LogP contribution in [-0.2, 0) is 15.4 Å². The van der Waals surface area contributed by atoms with Gasteiger partial charge in [-0.1, -0.05) is 0 Å². The number of hydrogen-bond acceptors (Lipinski definition) is 12. The van der Waals surface area contributed by atoms with Gasteiger partial charge >= 0.3 is 0 Å². The van der Waals surface area contributed by atoms with Crippen molar-refractivity contribution >= 4 is 44.6 Å². The first-order valence-electron chi connectivity index (χ1n) is 16.3. The van der Waals surface area contributed by atoms with Crippen molar-refractivity contribution in [1.82, 2.24) is 29.0 Å². The number of likely N-dealkylation sites (N-methyl/N-ethyl adjacent to an activating group) is 1. The third-order valence-electron chi connectivity index (χ3n) is 8.57. The van der Waals surface area contributed by atoms with Crippen LogP contribution in [0.5, 0.6) is 0 Å². The number of nitrogens with one attached hydrogen (secondary N) is 3. The molecule has 0 unspecified atom stereocenters. The summed E-state index contributed by atoms with van der Waals surface area (Å²) >= 11 is 0. The molecule has 4 heterocycles. The molecule has 1 amide bonds. The Bertz CT molecular complexity index is 2010. The molecule has 0 bridgehead atoms. The van der Waals surface area contributed by atoms with E-state index in [9.17, 15) is 18.5 Å². The van der Waals surface area contributed by atoms with E-state index in [1.807, 2.05) is 45.9 Å². The molecular formula is C34H41N11O3S. The molecule has 1 saturated heterocycles. The van der Waals surface area contributed by atoms with E-state index in [1.54, 1.807) is 18.3 Å². The number of amides is 1. The predicted octanol–water partition coefficient (Wildman–Crippen LogP) is 4.44. The minimum absolute atomic E-state index is 0.0134. The van der Waals surface area contributed by atoms with Gasteiger partial charge in [0.15, 0.2) is 5.82 Å². The van der Waals surface area contributed by atoms with Gasteiger partial charge in [-0.15, -0.1) is 0 Å². The Kier molecular flexibility index (Phi) is 9.28. The van der Waals surface area contributed by atoms with Crippen molar-refractivity contribution in [2.75, 3.05) is 54.1 Å². The molecule has 2 aliphatic rings. The molecule has 14 nitrogen and oxygen atoms in total. The average molecular weight is 684 g/mol. The Hall–Kier alpha value is -5.07. The van der Waals surface area contributed by atoms with E-state index in [0.29, 0.717) is 52.8 Å². The van der Waals surface area contributed by atoms with Crippen molar-refractivity contribution in [3.8, 4) is 17.5 Å². The second-order valence-corrected chi connectivity index (χ2v) is 15.5. The van der Waals surface area contributed by atoms with Crippen LogP contribution in [0.1, 0.15) is 56.5 Å². The van der Waals surface area contributed by atoms with E-state index in [0.717, 1.165) is 41.5 Å². The number of benzene rings is 1. The van der Waals surface area contributed by atoms with Crippen LogP contribution in [0.25, 0.3) is 11.4 Å². The fourth-order valence-corrected chi connectivity index (χ4v) is 6.94. The Labute approximate surface area is 286 Å². The van der Waals surface area contributed by atoms with Gasteiger partial charge in [0.05, 0.1) is 45.9 Å². The first-order valence-corrected chi connectivity index (χ1v) is 17.8. The number of aromatic nitrogens is 5.